The van der Waals surface area contributed by atoms with Crippen LogP contribution in [-0.4, -0.2) is 11.7 Å². The lowest BCUT2D eigenvalue weighted by molar-refractivity contribution is 0.102. The molecule has 25 heavy (non-hydrogen) atoms. The van der Waals surface area contributed by atoms with E-state index in [0.29, 0.717) is 16.3 Å². The van der Waals surface area contributed by atoms with Gasteiger partial charge in [0.1, 0.15) is 5.82 Å². The van der Waals surface area contributed by atoms with Crippen LogP contribution in [0, 0.1) is 5.82 Å². The molecule has 3 rings (SSSR count). The van der Waals surface area contributed by atoms with Crippen molar-refractivity contribution in [1.82, 2.24) is 0 Å². The third-order valence-corrected chi connectivity index (χ3v) is 3.83. The second kappa shape index (κ2) is 7.28. The first kappa shape index (κ1) is 16.9. The van der Waals surface area contributed by atoms with Gasteiger partial charge in [0.2, 0.25) is 0 Å². The Kier molecular flexibility index (Phi) is 4.91. The molecule has 0 bridgehead atoms. The topological polar surface area (TPSA) is 46.2 Å². The van der Waals surface area contributed by atoms with Crippen LogP contribution in [0.1, 0.15) is 26.3 Å². The van der Waals surface area contributed by atoms with Crippen LogP contribution in [0.3, 0.4) is 0 Å². The summed E-state index contributed by atoms with van der Waals surface area (Å²) in [4.78, 5) is 25.1. The summed E-state index contributed by atoms with van der Waals surface area (Å²) in [5.74, 6) is -1.29. The molecular weight excluding hydrogens is 341 g/mol. The highest BCUT2D eigenvalue weighted by Crippen LogP contribution is 2.24. The molecule has 0 aliphatic rings. The smallest absolute Gasteiger partial charge is 0.255 e. The minimum absolute atomic E-state index is 0.160. The fourth-order valence-corrected chi connectivity index (χ4v) is 2.55. The Balaban J connectivity index is 1.94. The molecule has 0 heterocycles. The molecule has 1 N–H and O–H groups in total. The zero-order valence-electron chi connectivity index (χ0n) is 13.0. The maximum absolute atomic E-state index is 13.3. The van der Waals surface area contributed by atoms with Gasteiger partial charge in [-0.2, -0.15) is 0 Å². The zero-order valence-corrected chi connectivity index (χ0v) is 13.8. The number of ketones is 1. The molecule has 1 amide bonds. The van der Waals surface area contributed by atoms with Crippen molar-refractivity contribution in [2.75, 3.05) is 5.32 Å². The Morgan fingerprint density at radius 3 is 2.28 bits per heavy atom. The van der Waals surface area contributed by atoms with Gasteiger partial charge in [-0.15, -0.1) is 0 Å². The lowest BCUT2D eigenvalue weighted by Gasteiger charge is -2.11. The van der Waals surface area contributed by atoms with Crippen LogP contribution in [0.5, 0.6) is 0 Å². The van der Waals surface area contributed by atoms with E-state index in [0.717, 1.165) is 6.07 Å². The Hall–Kier alpha value is -2.98. The average molecular weight is 354 g/mol. The summed E-state index contributed by atoms with van der Waals surface area (Å²) in [6.07, 6.45) is 0. The Bertz CT molecular complexity index is 941. The molecule has 0 saturated carbocycles. The van der Waals surface area contributed by atoms with Crippen molar-refractivity contribution in [2.24, 2.45) is 0 Å². The number of rotatable bonds is 4. The predicted molar refractivity (Wildman–Crippen MR) is 95.7 cm³/mol. The number of anilines is 1. The monoisotopic (exact) mass is 353 g/mol. The molecular formula is C20H13ClFNO2. The van der Waals surface area contributed by atoms with Crippen molar-refractivity contribution in [1.29, 1.82) is 0 Å². The summed E-state index contributed by atoms with van der Waals surface area (Å²) >= 11 is 6.01. The molecule has 0 radical (unpaired) electrons. The van der Waals surface area contributed by atoms with Crippen molar-refractivity contribution in [2.45, 2.75) is 0 Å². The quantitative estimate of drug-likeness (QED) is 0.674. The highest BCUT2D eigenvalue weighted by molar-refractivity contribution is 6.31. The molecule has 0 saturated heterocycles. The first-order valence-corrected chi connectivity index (χ1v) is 7.88. The minimum atomic E-state index is -0.510. The zero-order chi connectivity index (χ0) is 17.8. The summed E-state index contributed by atoms with van der Waals surface area (Å²) in [6, 6.07) is 18.6. The lowest BCUT2D eigenvalue weighted by Crippen LogP contribution is -2.15. The maximum Gasteiger partial charge on any atom is 0.255 e. The van der Waals surface area contributed by atoms with Crippen LogP contribution < -0.4 is 5.32 Å². The molecule has 0 spiro atoms. The fraction of sp³-hybridized carbons (Fsp3) is 0. The van der Waals surface area contributed by atoms with E-state index in [4.69, 9.17) is 11.6 Å². The number of carbonyl (C=O) groups excluding carboxylic acids is 2. The molecule has 5 heteroatoms. The van der Waals surface area contributed by atoms with Gasteiger partial charge in [-0.3, -0.25) is 9.59 Å². The van der Waals surface area contributed by atoms with Gasteiger partial charge in [0.05, 0.1) is 5.69 Å². The number of halogens is 2. The van der Waals surface area contributed by atoms with Crippen molar-refractivity contribution < 1.29 is 14.0 Å². The van der Waals surface area contributed by atoms with Gasteiger partial charge in [0.25, 0.3) is 5.91 Å². The van der Waals surface area contributed by atoms with Crippen LogP contribution >= 0.6 is 11.6 Å². The van der Waals surface area contributed by atoms with Crippen LogP contribution in [0.15, 0.2) is 72.8 Å². The van der Waals surface area contributed by atoms with Crippen LogP contribution in [0.4, 0.5) is 10.1 Å². The summed E-state index contributed by atoms with van der Waals surface area (Å²) in [5, 5.41) is 3.02. The van der Waals surface area contributed by atoms with Gasteiger partial charge in [0, 0.05) is 21.7 Å². The van der Waals surface area contributed by atoms with E-state index in [-0.39, 0.29) is 16.9 Å². The SMILES string of the molecule is O=C(Nc1ccc(Cl)cc1C(=O)c1ccccc1)c1cccc(F)c1. The second-order valence-corrected chi connectivity index (χ2v) is 5.79. The summed E-state index contributed by atoms with van der Waals surface area (Å²) in [7, 11) is 0. The van der Waals surface area contributed by atoms with E-state index in [9.17, 15) is 14.0 Å². The minimum Gasteiger partial charge on any atom is -0.321 e. The Morgan fingerprint density at radius 1 is 0.840 bits per heavy atom. The molecule has 0 aromatic heterocycles. The molecule has 3 nitrogen and oxygen atoms in total. The Labute approximate surface area is 149 Å². The molecule has 0 aliphatic heterocycles. The highest BCUT2D eigenvalue weighted by atomic mass is 35.5. The van der Waals surface area contributed by atoms with Crippen molar-refractivity contribution in [3.8, 4) is 0 Å². The molecule has 0 fully saturated rings. The van der Waals surface area contributed by atoms with Crippen LogP contribution in [0.25, 0.3) is 0 Å². The Morgan fingerprint density at radius 2 is 1.56 bits per heavy atom. The third-order valence-electron chi connectivity index (χ3n) is 3.60. The van der Waals surface area contributed by atoms with Gasteiger partial charge >= 0.3 is 0 Å². The molecule has 3 aromatic carbocycles. The fourth-order valence-electron chi connectivity index (χ4n) is 2.38. The van der Waals surface area contributed by atoms with E-state index in [1.54, 1.807) is 42.5 Å². The standard InChI is InChI=1S/C20H13ClFNO2/c21-15-9-10-18(23-20(25)14-7-4-8-16(22)11-14)17(12-15)19(24)13-5-2-1-3-6-13/h1-12H,(H,23,25). The number of hydrogen-bond acceptors (Lipinski definition) is 2. The third kappa shape index (κ3) is 3.92. The van der Waals surface area contributed by atoms with E-state index < -0.39 is 11.7 Å². The largest absolute Gasteiger partial charge is 0.321 e. The van der Waals surface area contributed by atoms with Gasteiger partial charge in [0.15, 0.2) is 5.78 Å². The van der Waals surface area contributed by atoms with Crippen LogP contribution in [-0.2, 0) is 0 Å². The van der Waals surface area contributed by atoms with Crippen molar-refractivity contribution in [3.63, 3.8) is 0 Å². The van der Waals surface area contributed by atoms with Gasteiger partial charge in [-0.25, -0.2) is 4.39 Å². The van der Waals surface area contributed by atoms with Gasteiger partial charge in [-0.1, -0.05) is 48.0 Å². The molecule has 0 atom stereocenters. The van der Waals surface area contributed by atoms with E-state index in [1.807, 2.05) is 0 Å². The number of amides is 1. The number of carbonyl (C=O) groups is 2. The number of nitrogens with one attached hydrogen (secondary N) is 1. The first-order chi connectivity index (χ1) is 12.0. The highest BCUT2D eigenvalue weighted by Gasteiger charge is 2.16. The maximum atomic E-state index is 13.3. The predicted octanol–water partition coefficient (Wildman–Crippen LogP) is 4.96. The first-order valence-electron chi connectivity index (χ1n) is 7.51. The van der Waals surface area contributed by atoms with Crippen molar-refractivity contribution in [3.05, 3.63) is 100 Å². The van der Waals surface area contributed by atoms with E-state index in [2.05, 4.69) is 5.32 Å². The summed E-state index contributed by atoms with van der Waals surface area (Å²) in [5.41, 5.74) is 1.22. The van der Waals surface area contributed by atoms with E-state index in [1.165, 1.54) is 24.3 Å². The summed E-state index contributed by atoms with van der Waals surface area (Å²) < 4.78 is 13.3. The van der Waals surface area contributed by atoms with Gasteiger partial charge in [-0.05, 0) is 36.4 Å². The summed E-state index contributed by atoms with van der Waals surface area (Å²) in [6.45, 7) is 0. The number of hydrogen-bond donors (Lipinski definition) is 1. The number of benzene rings is 3. The van der Waals surface area contributed by atoms with Crippen LogP contribution in [0.2, 0.25) is 5.02 Å². The molecule has 124 valence electrons. The molecule has 0 aliphatic carbocycles. The normalized spacial score (nSPS) is 10.3. The second-order valence-electron chi connectivity index (χ2n) is 5.35. The van der Waals surface area contributed by atoms with Crippen molar-refractivity contribution >= 4 is 29.0 Å². The average Bonchev–Trinajstić information content (AvgIpc) is 2.63. The lowest BCUT2D eigenvalue weighted by atomic mass is 10.0. The molecule has 0 unspecified atom stereocenters. The van der Waals surface area contributed by atoms with Gasteiger partial charge < -0.3 is 5.32 Å². The molecule has 3 aromatic rings. The van der Waals surface area contributed by atoms with E-state index >= 15 is 0 Å².